The third-order valence-electron chi connectivity index (χ3n) is 5.50. The van der Waals surface area contributed by atoms with Crippen molar-refractivity contribution < 1.29 is 78.1 Å². The molecular formula is C17H31N2O16P. The molecule has 0 aliphatic carbocycles. The minimum atomic E-state index is -5.16. The molecule has 2 saturated heterocycles. The van der Waals surface area contributed by atoms with Gasteiger partial charge in [0.1, 0.15) is 55.4 Å². The minimum Gasteiger partial charge on any atom is -0.394 e. The van der Waals surface area contributed by atoms with Crippen molar-refractivity contribution in [1.82, 2.24) is 0 Å². The van der Waals surface area contributed by atoms with Gasteiger partial charge < -0.3 is 65.9 Å². The lowest BCUT2D eigenvalue weighted by molar-refractivity contribution is -0.383. The molecule has 0 saturated carbocycles. The highest BCUT2D eigenvalue weighted by atomic mass is 31.2. The van der Waals surface area contributed by atoms with E-state index < -0.39 is 100 Å². The maximum atomic E-state index is 12.1. The van der Waals surface area contributed by atoms with Crippen LogP contribution in [0.2, 0.25) is 0 Å². The summed E-state index contributed by atoms with van der Waals surface area (Å²) >= 11 is 0. The second-order valence-corrected chi connectivity index (χ2v) is 9.54. The lowest BCUT2D eigenvalue weighted by Crippen LogP contribution is -2.62. The molecule has 0 aromatic rings. The van der Waals surface area contributed by atoms with Crippen LogP contribution < -0.4 is 11.5 Å². The van der Waals surface area contributed by atoms with Crippen molar-refractivity contribution in [3.63, 3.8) is 0 Å². The van der Waals surface area contributed by atoms with Gasteiger partial charge in [-0.2, -0.15) is 0 Å². The van der Waals surface area contributed by atoms with E-state index in [2.05, 4.69) is 9.05 Å². The summed E-state index contributed by atoms with van der Waals surface area (Å²) in [7, 11) is -5.16. The monoisotopic (exact) mass is 550 g/mol. The van der Waals surface area contributed by atoms with Gasteiger partial charge >= 0.3 is 13.8 Å². The van der Waals surface area contributed by atoms with Crippen molar-refractivity contribution in [2.75, 3.05) is 19.8 Å². The summed E-state index contributed by atoms with van der Waals surface area (Å²) in [5, 5.41) is 69.6. The predicted molar refractivity (Wildman–Crippen MR) is 110 cm³/mol. The van der Waals surface area contributed by atoms with Crippen LogP contribution in [-0.4, -0.2) is 133 Å². The van der Waals surface area contributed by atoms with Crippen LogP contribution in [0.15, 0.2) is 0 Å². The molecule has 0 radical (unpaired) electrons. The highest BCUT2D eigenvalue weighted by Gasteiger charge is 2.58. The van der Waals surface area contributed by atoms with Crippen LogP contribution >= 0.6 is 7.82 Å². The lowest BCUT2D eigenvalue weighted by Gasteiger charge is -2.43. The summed E-state index contributed by atoms with van der Waals surface area (Å²) in [5.74, 6) is -4.62. The SMILES string of the molecule is NC(=O)CC[C@H](N)C(=O)OP(=O)(O)OC[C@H]1O[C@H](O[C@]2(CO)O[C@H](CO)[C@@H](O)[C@@H]2O)[C@H](O)[C@@H](O)[C@@H]1O. The van der Waals surface area contributed by atoms with Crippen molar-refractivity contribution >= 4 is 19.7 Å². The van der Waals surface area contributed by atoms with Gasteiger partial charge in [-0.25, -0.2) is 9.36 Å². The average Bonchev–Trinajstić information content (AvgIpc) is 3.06. The van der Waals surface area contributed by atoms with Gasteiger partial charge in [0.15, 0.2) is 6.29 Å². The number of ether oxygens (including phenoxy) is 3. The molecule has 11 atom stereocenters. The fraction of sp³-hybridized carbons (Fsp3) is 0.882. The van der Waals surface area contributed by atoms with Crippen LogP contribution in [0.4, 0.5) is 0 Å². The molecule has 0 bridgehead atoms. The van der Waals surface area contributed by atoms with Gasteiger partial charge in [-0.15, -0.1) is 0 Å². The zero-order valence-corrected chi connectivity index (χ0v) is 19.6. The van der Waals surface area contributed by atoms with E-state index in [1.807, 2.05) is 0 Å². The number of nitrogens with two attached hydrogens (primary N) is 2. The second kappa shape index (κ2) is 12.5. The van der Waals surface area contributed by atoms with Crippen molar-refractivity contribution in [3.05, 3.63) is 0 Å². The van der Waals surface area contributed by atoms with Gasteiger partial charge in [0.05, 0.1) is 13.2 Å². The van der Waals surface area contributed by atoms with Gasteiger partial charge in [-0.1, -0.05) is 0 Å². The first-order chi connectivity index (χ1) is 16.7. The van der Waals surface area contributed by atoms with Crippen LogP contribution in [0.3, 0.4) is 0 Å². The van der Waals surface area contributed by atoms with Crippen LogP contribution in [0.5, 0.6) is 0 Å². The molecule has 19 heteroatoms. The maximum absolute atomic E-state index is 12.1. The predicted octanol–water partition coefficient (Wildman–Crippen LogP) is -6.13. The summed E-state index contributed by atoms with van der Waals surface area (Å²) in [5.41, 5.74) is 10.4. The Morgan fingerprint density at radius 1 is 1.03 bits per heavy atom. The number of phosphoric acid groups is 1. The van der Waals surface area contributed by atoms with Gasteiger partial charge in [-0.3, -0.25) is 14.2 Å². The first-order valence-electron chi connectivity index (χ1n) is 10.6. The van der Waals surface area contributed by atoms with Gasteiger partial charge in [-0.05, 0) is 6.42 Å². The molecule has 2 rings (SSSR count). The fourth-order valence-electron chi connectivity index (χ4n) is 3.41. The summed E-state index contributed by atoms with van der Waals surface area (Å²) in [6.45, 7) is -2.93. The molecule has 2 aliphatic heterocycles. The molecule has 0 aromatic heterocycles. The highest BCUT2D eigenvalue weighted by Crippen LogP contribution is 2.44. The molecule has 2 heterocycles. The number of aliphatic hydroxyl groups excluding tert-OH is 7. The summed E-state index contributed by atoms with van der Waals surface area (Å²) in [6.07, 6.45) is -15.3. The maximum Gasteiger partial charge on any atom is 0.529 e. The summed E-state index contributed by atoms with van der Waals surface area (Å²) in [6, 6.07) is -1.49. The molecule has 210 valence electrons. The second-order valence-electron chi connectivity index (χ2n) is 8.16. The van der Waals surface area contributed by atoms with E-state index in [-0.39, 0.29) is 12.8 Å². The van der Waals surface area contributed by atoms with E-state index in [1.165, 1.54) is 0 Å². The molecule has 1 unspecified atom stereocenters. The van der Waals surface area contributed by atoms with Crippen molar-refractivity contribution in [2.45, 2.75) is 73.7 Å². The smallest absolute Gasteiger partial charge is 0.394 e. The van der Waals surface area contributed by atoms with Crippen LogP contribution in [0.1, 0.15) is 12.8 Å². The number of amides is 1. The zero-order valence-electron chi connectivity index (χ0n) is 18.7. The zero-order chi connectivity index (χ0) is 27.4. The van der Waals surface area contributed by atoms with E-state index >= 15 is 0 Å². The number of hydrogen-bond acceptors (Lipinski definition) is 16. The van der Waals surface area contributed by atoms with E-state index in [1.54, 1.807) is 0 Å². The Morgan fingerprint density at radius 2 is 1.67 bits per heavy atom. The first-order valence-corrected chi connectivity index (χ1v) is 12.0. The van der Waals surface area contributed by atoms with E-state index in [0.29, 0.717) is 0 Å². The number of rotatable bonds is 12. The first kappa shape index (κ1) is 30.9. The normalized spacial score (nSPS) is 39.4. The van der Waals surface area contributed by atoms with Crippen molar-refractivity contribution in [2.24, 2.45) is 11.5 Å². The Bertz CT molecular complexity index is 820. The molecule has 1 amide bonds. The number of hydrogen-bond donors (Lipinski definition) is 10. The van der Waals surface area contributed by atoms with E-state index in [9.17, 15) is 54.8 Å². The Labute approximate surface area is 203 Å². The number of primary amides is 1. The Balaban J connectivity index is 2.05. The van der Waals surface area contributed by atoms with Crippen LogP contribution in [-0.2, 0) is 37.4 Å². The standard InChI is InChI=1S/C17H31N2O16P/c18-6(1-2-9(19)22)15(28)35-36(29,30)31-4-8-10(23)12(25)13(26)16(32-8)34-17(5-21)14(27)11(24)7(3-20)33-17/h6-8,10-14,16,20-21,23-27H,1-5,18H2,(H2,19,22)(H,29,30)/t6-,7+,8+,10+,11+,12-,13+,14-,16+,17-/m0/s1. The number of aliphatic hydroxyl groups is 7. The molecule has 36 heavy (non-hydrogen) atoms. The summed E-state index contributed by atoms with van der Waals surface area (Å²) < 4.78 is 36.6. The molecule has 0 spiro atoms. The molecule has 2 fully saturated rings. The number of carbonyl (C=O) groups is 2. The largest absolute Gasteiger partial charge is 0.529 e. The third-order valence-corrected chi connectivity index (χ3v) is 6.39. The van der Waals surface area contributed by atoms with Crippen LogP contribution in [0.25, 0.3) is 0 Å². The third kappa shape index (κ3) is 7.15. The molecule has 0 aromatic carbocycles. The topological polar surface area (TPSA) is 311 Å². The Morgan fingerprint density at radius 3 is 2.19 bits per heavy atom. The van der Waals surface area contributed by atoms with Crippen molar-refractivity contribution in [1.29, 1.82) is 0 Å². The van der Waals surface area contributed by atoms with Gasteiger partial charge in [0, 0.05) is 6.42 Å². The highest BCUT2D eigenvalue weighted by molar-refractivity contribution is 7.48. The van der Waals surface area contributed by atoms with Gasteiger partial charge in [0.2, 0.25) is 11.7 Å². The van der Waals surface area contributed by atoms with E-state index in [0.717, 1.165) is 0 Å². The Hall–Kier alpha value is -1.35. The quantitative estimate of drug-likeness (QED) is 0.101. The van der Waals surface area contributed by atoms with Gasteiger partial charge in [0.25, 0.3) is 0 Å². The van der Waals surface area contributed by atoms with E-state index in [4.69, 9.17) is 25.7 Å². The average molecular weight is 550 g/mol. The Kier molecular flexibility index (Phi) is 10.7. The fourth-order valence-corrected chi connectivity index (χ4v) is 4.16. The lowest BCUT2D eigenvalue weighted by atomic mass is 9.99. The molecule has 18 nitrogen and oxygen atoms in total. The molecule has 2 aliphatic rings. The van der Waals surface area contributed by atoms with Crippen LogP contribution in [0, 0.1) is 0 Å². The van der Waals surface area contributed by atoms with Crippen molar-refractivity contribution in [3.8, 4) is 0 Å². The minimum absolute atomic E-state index is 0.284. The summed E-state index contributed by atoms with van der Waals surface area (Å²) in [4.78, 5) is 32.3. The number of phosphoric ester groups is 1. The molecule has 12 N–H and O–H groups in total. The number of carbonyl (C=O) groups excluding carboxylic acids is 2. The molecular weight excluding hydrogens is 519 g/mol.